The van der Waals surface area contributed by atoms with Crippen molar-refractivity contribution in [3.63, 3.8) is 0 Å². The Hall–Kier alpha value is -0.600. The van der Waals surface area contributed by atoms with Gasteiger partial charge in [-0.15, -0.1) is 0 Å². The van der Waals surface area contributed by atoms with E-state index in [1.807, 2.05) is 0 Å². The molecule has 0 radical (unpaired) electrons. The van der Waals surface area contributed by atoms with Crippen molar-refractivity contribution in [1.82, 2.24) is 0 Å². The first-order valence-corrected chi connectivity index (χ1v) is 7.38. The summed E-state index contributed by atoms with van der Waals surface area (Å²) in [5.41, 5.74) is 7.15. The molecule has 1 saturated carbocycles. The zero-order chi connectivity index (χ0) is 14.1. The third-order valence-electron chi connectivity index (χ3n) is 4.67. The minimum atomic E-state index is -0.165. The normalized spacial score (nSPS) is 21.3. The van der Waals surface area contributed by atoms with E-state index in [1.54, 1.807) is 12.1 Å². The smallest absolute Gasteiger partial charge is 0.126 e. The molecule has 1 aliphatic carbocycles. The van der Waals surface area contributed by atoms with Gasteiger partial charge in [0.05, 0.1) is 0 Å². The number of halogens is 2. The number of hydrogen-bond donors (Lipinski definition) is 1. The Bertz CT molecular complexity index is 446. The zero-order valence-electron chi connectivity index (χ0n) is 11.8. The quantitative estimate of drug-likeness (QED) is 0.864. The van der Waals surface area contributed by atoms with E-state index in [9.17, 15) is 4.39 Å². The number of nitrogens with two attached hydrogens (primary N) is 1. The maximum atomic E-state index is 13.9. The van der Waals surface area contributed by atoms with Gasteiger partial charge in [0.1, 0.15) is 5.82 Å². The Labute approximate surface area is 120 Å². The molecule has 0 atom stereocenters. The highest BCUT2D eigenvalue weighted by Crippen LogP contribution is 2.46. The van der Waals surface area contributed by atoms with E-state index >= 15 is 0 Å². The van der Waals surface area contributed by atoms with Crippen molar-refractivity contribution in [2.45, 2.75) is 46.0 Å². The van der Waals surface area contributed by atoms with Gasteiger partial charge in [0.15, 0.2) is 0 Å². The molecule has 0 aromatic heterocycles. The molecule has 0 aliphatic heterocycles. The molecule has 1 aromatic carbocycles. The minimum Gasteiger partial charge on any atom is -0.330 e. The van der Waals surface area contributed by atoms with E-state index < -0.39 is 0 Å². The van der Waals surface area contributed by atoms with Gasteiger partial charge in [-0.2, -0.15) is 0 Å². The molecule has 1 aromatic rings. The largest absolute Gasteiger partial charge is 0.330 e. The summed E-state index contributed by atoms with van der Waals surface area (Å²) in [6, 6.07) is 4.79. The van der Waals surface area contributed by atoms with Crippen LogP contribution in [0.5, 0.6) is 0 Å². The maximum absolute atomic E-state index is 13.9. The van der Waals surface area contributed by atoms with Gasteiger partial charge < -0.3 is 5.73 Å². The summed E-state index contributed by atoms with van der Waals surface area (Å²) < 4.78 is 13.9. The molecule has 106 valence electrons. The van der Waals surface area contributed by atoms with Crippen molar-refractivity contribution < 1.29 is 4.39 Å². The van der Waals surface area contributed by atoms with Gasteiger partial charge in [-0.3, -0.25) is 0 Å². The fourth-order valence-corrected chi connectivity index (χ4v) is 3.19. The second-order valence-corrected chi connectivity index (χ2v) is 7.22. The summed E-state index contributed by atoms with van der Waals surface area (Å²) in [7, 11) is 0. The molecule has 0 bridgehead atoms. The van der Waals surface area contributed by atoms with E-state index in [0.29, 0.717) is 29.0 Å². The van der Waals surface area contributed by atoms with Crippen LogP contribution in [-0.2, 0) is 6.42 Å². The van der Waals surface area contributed by atoms with E-state index in [-0.39, 0.29) is 11.2 Å². The predicted molar refractivity (Wildman–Crippen MR) is 78.9 cm³/mol. The Balaban J connectivity index is 2.17. The van der Waals surface area contributed by atoms with Crippen molar-refractivity contribution in [1.29, 1.82) is 0 Å². The maximum Gasteiger partial charge on any atom is 0.126 e. The number of rotatable bonds is 3. The third-order valence-corrected chi connectivity index (χ3v) is 4.91. The van der Waals surface area contributed by atoms with Gasteiger partial charge in [-0.25, -0.2) is 4.39 Å². The molecular weight excluding hydrogens is 261 g/mol. The second-order valence-electron chi connectivity index (χ2n) is 6.78. The molecule has 1 fully saturated rings. The van der Waals surface area contributed by atoms with Crippen LogP contribution in [-0.4, -0.2) is 6.54 Å². The monoisotopic (exact) mass is 283 g/mol. The molecule has 0 amide bonds. The van der Waals surface area contributed by atoms with Crippen LogP contribution in [0.15, 0.2) is 18.2 Å². The second kappa shape index (κ2) is 5.41. The van der Waals surface area contributed by atoms with E-state index in [0.717, 1.165) is 25.7 Å². The average molecular weight is 284 g/mol. The van der Waals surface area contributed by atoms with Gasteiger partial charge in [0.2, 0.25) is 0 Å². The van der Waals surface area contributed by atoms with Crippen LogP contribution in [0.1, 0.15) is 45.1 Å². The summed E-state index contributed by atoms with van der Waals surface area (Å²) in [5.74, 6) is -0.165. The Kier molecular flexibility index (Phi) is 4.22. The number of benzene rings is 1. The third kappa shape index (κ3) is 3.49. The van der Waals surface area contributed by atoms with E-state index in [2.05, 4.69) is 13.8 Å². The lowest BCUT2D eigenvalue weighted by Gasteiger charge is -2.43. The lowest BCUT2D eigenvalue weighted by molar-refractivity contribution is 0.107. The SMILES string of the molecule is CC1(C)CCC(CN)(Cc2cc(Cl)ccc2F)CC1. The highest BCUT2D eigenvalue weighted by molar-refractivity contribution is 6.30. The van der Waals surface area contributed by atoms with Gasteiger partial charge in [0.25, 0.3) is 0 Å². The fraction of sp³-hybridized carbons (Fsp3) is 0.625. The number of hydrogen-bond acceptors (Lipinski definition) is 1. The first-order chi connectivity index (χ1) is 8.86. The predicted octanol–water partition coefficient (Wildman–Crippen LogP) is 4.57. The molecule has 1 nitrogen and oxygen atoms in total. The van der Waals surface area contributed by atoms with Crippen molar-refractivity contribution >= 4 is 11.6 Å². The van der Waals surface area contributed by atoms with Crippen LogP contribution in [0, 0.1) is 16.6 Å². The fourth-order valence-electron chi connectivity index (χ4n) is 2.99. The van der Waals surface area contributed by atoms with Crippen molar-refractivity contribution in [2.24, 2.45) is 16.6 Å². The average Bonchev–Trinajstić information content (AvgIpc) is 2.37. The molecule has 19 heavy (non-hydrogen) atoms. The van der Waals surface area contributed by atoms with Crippen LogP contribution in [0.4, 0.5) is 4.39 Å². The molecule has 1 aliphatic rings. The van der Waals surface area contributed by atoms with Crippen LogP contribution in [0.25, 0.3) is 0 Å². The van der Waals surface area contributed by atoms with Crippen LogP contribution < -0.4 is 5.73 Å². The minimum absolute atomic E-state index is 0.0427. The van der Waals surface area contributed by atoms with E-state index in [4.69, 9.17) is 17.3 Å². The van der Waals surface area contributed by atoms with Gasteiger partial charge in [-0.05, 0) is 73.2 Å². The first-order valence-electron chi connectivity index (χ1n) is 7.00. The van der Waals surface area contributed by atoms with Crippen LogP contribution in [0.3, 0.4) is 0 Å². The molecule has 0 saturated heterocycles. The summed E-state index contributed by atoms with van der Waals surface area (Å²) >= 11 is 5.97. The van der Waals surface area contributed by atoms with Gasteiger partial charge in [0, 0.05) is 5.02 Å². The standard InChI is InChI=1S/C16H23ClFN/c1-15(2)5-7-16(11-19,8-6-15)10-12-9-13(17)3-4-14(12)18/h3-4,9H,5-8,10-11,19H2,1-2H3. The summed E-state index contributed by atoms with van der Waals surface area (Å²) in [6.07, 6.45) is 5.16. The Morgan fingerprint density at radius 2 is 1.84 bits per heavy atom. The Morgan fingerprint density at radius 1 is 1.21 bits per heavy atom. The van der Waals surface area contributed by atoms with Crippen molar-refractivity contribution in [3.05, 3.63) is 34.6 Å². The molecule has 2 rings (SSSR count). The highest BCUT2D eigenvalue weighted by Gasteiger charge is 2.37. The summed E-state index contributed by atoms with van der Waals surface area (Å²) in [4.78, 5) is 0. The molecular formula is C16H23ClFN. The molecule has 0 heterocycles. The van der Waals surface area contributed by atoms with Gasteiger partial charge in [-0.1, -0.05) is 25.4 Å². The Morgan fingerprint density at radius 3 is 2.42 bits per heavy atom. The molecule has 0 unspecified atom stereocenters. The molecule has 3 heteroatoms. The van der Waals surface area contributed by atoms with Crippen LogP contribution >= 0.6 is 11.6 Å². The van der Waals surface area contributed by atoms with Gasteiger partial charge >= 0.3 is 0 Å². The van der Waals surface area contributed by atoms with Crippen LogP contribution in [0.2, 0.25) is 5.02 Å². The highest BCUT2D eigenvalue weighted by atomic mass is 35.5. The van der Waals surface area contributed by atoms with E-state index in [1.165, 1.54) is 6.07 Å². The summed E-state index contributed by atoms with van der Waals surface area (Å²) in [5, 5.41) is 0.597. The van der Waals surface area contributed by atoms with Crippen molar-refractivity contribution in [3.8, 4) is 0 Å². The summed E-state index contributed by atoms with van der Waals surface area (Å²) in [6.45, 7) is 5.22. The topological polar surface area (TPSA) is 26.0 Å². The lowest BCUT2D eigenvalue weighted by Crippen LogP contribution is -2.39. The first kappa shape index (κ1) is 14.8. The molecule has 2 N–H and O–H groups in total. The molecule has 0 spiro atoms. The lowest BCUT2D eigenvalue weighted by atomic mass is 9.63. The zero-order valence-corrected chi connectivity index (χ0v) is 12.6. The van der Waals surface area contributed by atoms with Crippen molar-refractivity contribution in [2.75, 3.05) is 6.54 Å².